The van der Waals surface area contributed by atoms with E-state index in [0.717, 1.165) is 15.8 Å². The molecule has 0 aliphatic heterocycles. The Bertz CT molecular complexity index is 1390. The molecular formula is C25H22N4O3S2. The van der Waals surface area contributed by atoms with Crippen molar-refractivity contribution in [3.8, 4) is 6.07 Å². The van der Waals surface area contributed by atoms with Gasteiger partial charge in [-0.15, -0.1) is 0 Å². The lowest BCUT2D eigenvalue weighted by atomic mass is 10.1. The van der Waals surface area contributed by atoms with Gasteiger partial charge >= 0.3 is 0 Å². The first-order chi connectivity index (χ1) is 16.5. The summed E-state index contributed by atoms with van der Waals surface area (Å²) in [6, 6.07) is 25.3. The Kier molecular flexibility index (Phi) is 7.33. The lowest BCUT2D eigenvalue weighted by Gasteiger charge is -2.20. The standard InChI is InChI=1S/C25H22N4O3S2/c26-16-6-17-27-34(31,32)21-13-11-20(12-14-21)24(30)29(18-15-19-7-2-1-3-8-19)25-28-22-9-4-5-10-23(22)33-25/h1-5,7-14,27H,6,15,17-18H2. The van der Waals surface area contributed by atoms with E-state index >= 15 is 0 Å². The average Bonchev–Trinajstić information content (AvgIpc) is 3.29. The molecule has 0 saturated heterocycles. The normalized spacial score (nSPS) is 11.3. The lowest BCUT2D eigenvalue weighted by Crippen LogP contribution is -2.33. The molecule has 9 heteroatoms. The van der Waals surface area contributed by atoms with E-state index in [1.165, 1.54) is 35.6 Å². The highest BCUT2D eigenvalue weighted by Gasteiger charge is 2.22. The summed E-state index contributed by atoms with van der Waals surface area (Å²) in [5, 5.41) is 9.20. The maximum Gasteiger partial charge on any atom is 0.260 e. The molecule has 0 atom stereocenters. The molecule has 1 N–H and O–H groups in total. The predicted molar refractivity (Wildman–Crippen MR) is 133 cm³/mol. The number of para-hydroxylation sites is 1. The Morgan fingerprint density at radius 3 is 2.41 bits per heavy atom. The maximum absolute atomic E-state index is 13.5. The number of fused-ring (bicyclic) bond motifs is 1. The van der Waals surface area contributed by atoms with E-state index < -0.39 is 10.0 Å². The number of nitriles is 1. The molecule has 0 spiro atoms. The van der Waals surface area contributed by atoms with E-state index in [1.54, 1.807) is 4.90 Å². The van der Waals surface area contributed by atoms with Gasteiger partial charge in [0.05, 0.1) is 21.2 Å². The van der Waals surface area contributed by atoms with E-state index in [2.05, 4.69) is 9.71 Å². The molecule has 1 aromatic heterocycles. The number of carbonyl (C=O) groups excluding carboxylic acids is 1. The number of anilines is 1. The van der Waals surface area contributed by atoms with Gasteiger partial charge in [0.2, 0.25) is 10.0 Å². The Morgan fingerprint density at radius 2 is 1.71 bits per heavy atom. The van der Waals surface area contributed by atoms with Crippen molar-refractivity contribution in [3.05, 3.63) is 90.0 Å². The van der Waals surface area contributed by atoms with Crippen LogP contribution < -0.4 is 9.62 Å². The van der Waals surface area contributed by atoms with Crippen molar-refractivity contribution in [1.29, 1.82) is 5.26 Å². The second-order valence-corrected chi connectivity index (χ2v) is 10.3. The van der Waals surface area contributed by atoms with Gasteiger partial charge in [-0.1, -0.05) is 53.8 Å². The fourth-order valence-electron chi connectivity index (χ4n) is 3.40. The molecule has 172 valence electrons. The zero-order chi connectivity index (χ0) is 24.0. The average molecular weight is 491 g/mol. The van der Waals surface area contributed by atoms with Crippen LogP contribution in [0.3, 0.4) is 0 Å². The molecule has 0 fully saturated rings. The predicted octanol–water partition coefficient (Wildman–Crippen LogP) is 4.38. The molecule has 0 unspecified atom stereocenters. The molecule has 0 bridgehead atoms. The highest BCUT2D eigenvalue weighted by Crippen LogP contribution is 2.30. The topological polar surface area (TPSA) is 103 Å². The van der Waals surface area contributed by atoms with Crippen LogP contribution in [-0.2, 0) is 16.4 Å². The summed E-state index contributed by atoms with van der Waals surface area (Å²) in [7, 11) is -3.75. The van der Waals surface area contributed by atoms with Crippen LogP contribution in [0.2, 0.25) is 0 Å². The number of aromatic nitrogens is 1. The number of hydrogen-bond acceptors (Lipinski definition) is 6. The molecule has 4 aromatic rings. The third-order valence-corrected chi connectivity index (χ3v) is 7.70. The number of sulfonamides is 1. The van der Waals surface area contributed by atoms with Gasteiger partial charge in [0, 0.05) is 25.1 Å². The van der Waals surface area contributed by atoms with Crippen molar-refractivity contribution < 1.29 is 13.2 Å². The zero-order valence-corrected chi connectivity index (χ0v) is 19.8. The summed E-state index contributed by atoms with van der Waals surface area (Å²) in [5.74, 6) is -0.253. The van der Waals surface area contributed by atoms with Gasteiger partial charge in [0.15, 0.2) is 5.13 Å². The van der Waals surface area contributed by atoms with Gasteiger partial charge < -0.3 is 0 Å². The summed E-state index contributed by atoms with van der Waals surface area (Å²) in [6.07, 6.45) is 0.728. The monoisotopic (exact) mass is 490 g/mol. The number of hydrogen-bond donors (Lipinski definition) is 1. The second-order valence-electron chi connectivity index (χ2n) is 7.49. The minimum absolute atomic E-state index is 0.0321. The van der Waals surface area contributed by atoms with Crippen LogP contribution in [0.5, 0.6) is 0 Å². The molecule has 0 aliphatic rings. The minimum atomic E-state index is -3.75. The number of carbonyl (C=O) groups is 1. The molecule has 0 radical (unpaired) electrons. The molecule has 0 aliphatic carbocycles. The van der Waals surface area contributed by atoms with Crippen LogP contribution in [-0.4, -0.2) is 32.4 Å². The highest BCUT2D eigenvalue weighted by molar-refractivity contribution is 7.89. The molecule has 1 heterocycles. The first-order valence-electron chi connectivity index (χ1n) is 10.7. The van der Waals surface area contributed by atoms with Crippen LogP contribution in [0, 0.1) is 11.3 Å². The van der Waals surface area contributed by atoms with Crippen LogP contribution in [0.25, 0.3) is 10.2 Å². The van der Waals surface area contributed by atoms with Crippen molar-refractivity contribution in [1.82, 2.24) is 9.71 Å². The largest absolute Gasteiger partial charge is 0.284 e. The molecule has 0 saturated carbocycles. The van der Waals surface area contributed by atoms with E-state index in [1.807, 2.05) is 60.7 Å². The van der Waals surface area contributed by atoms with Gasteiger partial charge in [0.1, 0.15) is 0 Å². The third-order valence-electron chi connectivity index (χ3n) is 5.17. The minimum Gasteiger partial charge on any atom is -0.284 e. The summed E-state index contributed by atoms with van der Waals surface area (Å²) in [5.41, 5.74) is 2.29. The first kappa shape index (κ1) is 23.6. The van der Waals surface area contributed by atoms with Crippen LogP contribution in [0.1, 0.15) is 22.3 Å². The fraction of sp³-hybridized carbons (Fsp3) is 0.160. The Labute approximate surface area is 202 Å². The number of nitrogens with one attached hydrogen (secondary N) is 1. The first-order valence-corrected chi connectivity index (χ1v) is 13.0. The van der Waals surface area contributed by atoms with Crippen LogP contribution >= 0.6 is 11.3 Å². The van der Waals surface area contributed by atoms with E-state index in [4.69, 9.17) is 5.26 Å². The maximum atomic E-state index is 13.5. The third kappa shape index (κ3) is 5.48. The SMILES string of the molecule is N#CCCNS(=O)(=O)c1ccc(C(=O)N(CCc2ccccc2)c2nc3ccccc3s2)cc1. The number of thiazole rings is 1. The quantitative estimate of drug-likeness (QED) is 0.351. The number of nitrogens with zero attached hydrogens (tertiary/aromatic N) is 3. The van der Waals surface area contributed by atoms with E-state index in [9.17, 15) is 13.2 Å². The van der Waals surface area contributed by atoms with Gasteiger partial charge in [-0.3, -0.25) is 9.69 Å². The van der Waals surface area contributed by atoms with Crippen LogP contribution in [0.4, 0.5) is 5.13 Å². The van der Waals surface area contributed by atoms with Crippen molar-refractivity contribution >= 4 is 42.6 Å². The number of rotatable bonds is 9. The summed E-state index contributed by atoms with van der Waals surface area (Å²) < 4.78 is 28.1. The molecule has 1 amide bonds. The lowest BCUT2D eigenvalue weighted by molar-refractivity contribution is 0.0987. The molecule has 3 aromatic carbocycles. The molecule has 4 rings (SSSR count). The van der Waals surface area contributed by atoms with Crippen molar-refractivity contribution in [2.24, 2.45) is 0 Å². The summed E-state index contributed by atoms with van der Waals surface area (Å²) in [6.45, 7) is 0.461. The second kappa shape index (κ2) is 10.6. The van der Waals surface area contributed by atoms with Crippen LogP contribution in [0.15, 0.2) is 83.8 Å². The van der Waals surface area contributed by atoms with Crippen molar-refractivity contribution in [3.63, 3.8) is 0 Å². The zero-order valence-electron chi connectivity index (χ0n) is 18.2. The van der Waals surface area contributed by atoms with Crippen molar-refractivity contribution in [2.75, 3.05) is 18.0 Å². The van der Waals surface area contributed by atoms with Gasteiger partial charge in [-0.25, -0.2) is 18.1 Å². The smallest absolute Gasteiger partial charge is 0.260 e. The Hall–Kier alpha value is -3.58. The molecule has 7 nitrogen and oxygen atoms in total. The Balaban J connectivity index is 1.60. The van der Waals surface area contributed by atoms with Gasteiger partial charge in [0.25, 0.3) is 5.91 Å². The van der Waals surface area contributed by atoms with Gasteiger partial charge in [-0.2, -0.15) is 5.26 Å². The number of amides is 1. The number of benzene rings is 3. The van der Waals surface area contributed by atoms with E-state index in [0.29, 0.717) is 23.7 Å². The van der Waals surface area contributed by atoms with Crippen molar-refractivity contribution in [2.45, 2.75) is 17.7 Å². The highest BCUT2D eigenvalue weighted by atomic mass is 32.2. The summed E-state index contributed by atoms with van der Waals surface area (Å²) in [4.78, 5) is 19.9. The molecular weight excluding hydrogens is 468 g/mol. The fourth-order valence-corrected chi connectivity index (χ4v) is 5.42. The summed E-state index contributed by atoms with van der Waals surface area (Å²) >= 11 is 1.44. The van der Waals surface area contributed by atoms with E-state index in [-0.39, 0.29) is 23.8 Å². The molecule has 34 heavy (non-hydrogen) atoms. The van der Waals surface area contributed by atoms with Gasteiger partial charge in [-0.05, 0) is 48.4 Å². The Morgan fingerprint density at radius 1 is 1.00 bits per heavy atom.